The fourth-order valence-corrected chi connectivity index (χ4v) is 3.44. The zero-order valence-electron chi connectivity index (χ0n) is 13.7. The molecule has 1 aromatic carbocycles. The second-order valence-electron chi connectivity index (χ2n) is 6.52. The Bertz CT molecular complexity index is 842. The fourth-order valence-electron chi connectivity index (χ4n) is 3.44. The predicted octanol–water partition coefficient (Wildman–Crippen LogP) is 3.30. The molecule has 3 aromatic rings. The molecule has 1 aliphatic rings. The van der Waals surface area contributed by atoms with Gasteiger partial charge in [-0.25, -0.2) is 4.39 Å². The highest BCUT2D eigenvalue weighted by atomic mass is 19.1. The summed E-state index contributed by atoms with van der Waals surface area (Å²) >= 11 is 0. The van der Waals surface area contributed by atoms with Crippen molar-refractivity contribution in [2.24, 2.45) is 0 Å². The van der Waals surface area contributed by atoms with Crippen LogP contribution in [0.5, 0.6) is 0 Å². The molecule has 0 bridgehead atoms. The first kappa shape index (κ1) is 15.2. The number of hydrogen-bond acceptors (Lipinski definition) is 4. The van der Waals surface area contributed by atoms with Crippen molar-refractivity contribution >= 4 is 5.65 Å². The summed E-state index contributed by atoms with van der Waals surface area (Å²) in [6.45, 7) is 4.22. The van der Waals surface area contributed by atoms with Gasteiger partial charge in [-0.2, -0.15) is 4.52 Å². The third-order valence-corrected chi connectivity index (χ3v) is 4.86. The molecule has 0 saturated carbocycles. The summed E-state index contributed by atoms with van der Waals surface area (Å²) in [7, 11) is 0. The third-order valence-electron chi connectivity index (χ3n) is 4.86. The molecule has 0 radical (unpaired) electrons. The Kier molecular flexibility index (Phi) is 3.98. The molecule has 5 nitrogen and oxygen atoms in total. The van der Waals surface area contributed by atoms with Crippen LogP contribution in [0.2, 0.25) is 0 Å². The molecule has 1 saturated heterocycles. The lowest BCUT2D eigenvalue weighted by Gasteiger charge is -2.33. The van der Waals surface area contributed by atoms with Gasteiger partial charge in [-0.15, -0.1) is 5.10 Å². The first-order chi connectivity index (χ1) is 11.7. The van der Waals surface area contributed by atoms with Crippen molar-refractivity contribution in [3.63, 3.8) is 0 Å². The van der Waals surface area contributed by atoms with Gasteiger partial charge in [-0.05, 0) is 60.5 Å². The molecule has 124 valence electrons. The molecular weight excluding hydrogens is 305 g/mol. The number of fused-ring (bicyclic) bond motifs is 1. The number of tetrazole rings is 1. The van der Waals surface area contributed by atoms with Crippen molar-refractivity contribution in [1.29, 1.82) is 0 Å². The van der Waals surface area contributed by atoms with Gasteiger partial charge in [-0.1, -0.05) is 18.6 Å². The molecule has 6 heteroatoms. The number of likely N-dealkylation sites (tertiary alicyclic amines) is 1. The Balaban J connectivity index is 1.73. The highest BCUT2D eigenvalue weighted by Gasteiger charge is 2.20. The summed E-state index contributed by atoms with van der Waals surface area (Å²) in [4.78, 5) is 2.49. The summed E-state index contributed by atoms with van der Waals surface area (Å²) in [5.74, 6) is -0.232. The van der Waals surface area contributed by atoms with Crippen LogP contribution < -0.4 is 0 Å². The molecular formula is C18H20FN5. The van der Waals surface area contributed by atoms with E-state index in [1.54, 1.807) is 16.6 Å². The maximum absolute atomic E-state index is 13.2. The second-order valence-corrected chi connectivity index (χ2v) is 6.52. The number of hydrogen-bond donors (Lipinski definition) is 0. The minimum absolute atomic E-state index is 0.232. The molecule has 1 fully saturated rings. The van der Waals surface area contributed by atoms with Crippen molar-refractivity contribution in [1.82, 2.24) is 24.9 Å². The van der Waals surface area contributed by atoms with E-state index in [9.17, 15) is 4.39 Å². The van der Waals surface area contributed by atoms with E-state index in [2.05, 4.69) is 33.4 Å². The van der Waals surface area contributed by atoms with E-state index in [0.717, 1.165) is 35.4 Å². The van der Waals surface area contributed by atoms with Crippen LogP contribution in [-0.4, -0.2) is 37.5 Å². The summed E-state index contributed by atoms with van der Waals surface area (Å²) in [6, 6.07) is 9.23. The monoisotopic (exact) mass is 325 g/mol. The SMILES string of the molecule is C[C@H]1CCCCN1Cc1cc(-c2ccc(F)cc2)cn2nnnc12. The highest BCUT2D eigenvalue weighted by Crippen LogP contribution is 2.25. The molecule has 0 unspecified atom stereocenters. The van der Waals surface area contributed by atoms with Gasteiger partial charge in [0.25, 0.3) is 0 Å². The normalized spacial score (nSPS) is 19.0. The van der Waals surface area contributed by atoms with Crippen LogP contribution in [0.4, 0.5) is 4.39 Å². The molecule has 24 heavy (non-hydrogen) atoms. The van der Waals surface area contributed by atoms with Crippen molar-refractivity contribution in [2.75, 3.05) is 6.54 Å². The lowest BCUT2D eigenvalue weighted by atomic mass is 10.0. The van der Waals surface area contributed by atoms with Crippen LogP contribution in [0.3, 0.4) is 0 Å². The Labute approximate surface area is 140 Å². The van der Waals surface area contributed by atoms with Gasteiger partial charge in [-0.3, -0.25) is 4.90 Å². The topological polar surface area (TPSA) is 46.3 Å². The maximum atomic E-state index is 13.2. The van der Waals surface area contributed by atoms with E-state index < -0.39 is 0 Å². The van der Waals surface area contributed by atoms with Crippen LogP contribution in [0.1, 0.15) is 31.7 Å². The molecule has 0 spiro atoms. The van der Waals surface area contributed by atoms with Crippen molar-refractivity contribution in [3.05, 3.63) is 47.9 Å². The molecule has 4 rings (SSSR count). The van der Waals surface area contributed by atoms with Crippen LogP contribution in [0.15, 0.2) is 36.5 Å². The zero-order valence-corrected chi connectivity index (χ0v) is 13.7. The van der Waals surface area contributed by atoms with E-state index in [1.807, 2.05) is 6.20 Å². The van der Waals surface area contributed by atoms with Gasteiger partial charge < -0.3 is 0 Å². The molecule has 0 amide bonds. The van der Waals surface area contributed by atoms with E-state index in [1.165, 1.54) is 31.4 Å². The number of pyridine rings is 1. The summed E-state index contributed by atoms with van der Waals surface area (Å²) in [6.07, 6.45) is 5.67. The van der Waals surface area contributed by atoms with Crippen LogP contribution in [0.25, 0.3) is 16.8 Å². The minimum atomic E-state index is -0.232. The molecule has 3 heterocycles. The maximum Gasteiger partial charge on any atom is 0.183 e. The van der Waals surface area contributed by atoms with Crippen LogP contribution in [-0.2, 0) is 6.54 Å². The molecule has 1 aliphatic heterocycles. The number of rotatable bonds is 3. The molecule has 1 atom stereocenters. The molecule has 0 aliphatic carbocycles. The van der Waals surface area contributed by atoms with E-state index >= 15 is 0 Å². The number of piperidine rings is 1. The zero-order chi connectivity index (χ0) is 16.5. The van der Waals surface area contributed by atoms with Crippen LogP contribution in [0, 0.1) is 5.82 Å². The third kappa shape index (κ3) is 2.89. The first-order valence-electron chi connectivity index (χ1n) is 8.41. The number of benzene rings is 1. The predicted molar refractivity (Wildman–Crippen MR) is 89.9 cm³/mol. The Hall–Kier alpha value is -2.34. The van der Waals surface area contributed by atoms with Gasteiger partial charge >= 0.3 is 0 Å². The Morgan fingerprint density at radius 1 is 1.17 bits per heavy atom. The summed E-state index contributed by atoms with van der Waals surface area (Å²) in [5, 5.41) is 12.0. The van der Waals surface area contributed by atoms with Crippen molar-refractivity contribution < 1.29 is 4.39 Å². The number of halogens is 1. The number of nitrogens with zero attached hydrogens (tertiary/aromatic N) is 5. The Morgan fingerprint density at radius 2 is 2.00 bits per heavy atom. The first-order valence-corrected chi connectivity index (χ1v) is 8.41. The van der Waals surface area contributed by atoms with E-state index in [4.69, 9.17) is 0 Å². The standard InChI is InChI=1S/C18H20FN5/c1-13-4-2-3-9-23(13)11-16-10-15(12-24-18(16)20-21-22-24)14-5-7-17(19)8-6-14/h5-8,10,12-13H,2-4,9,11H2,1H3/t13-/m0/s1. The Morgan fingerprint density at radius 3 is 2.79 bits per heavy atom. The van der Waals surface area contributed by atoms with Gasteiger partial charge in [0.2, 0.25) is 0 Å². The van der Waals surface area contributed by atoms with Gasteiger partial charge in [0.15, 0.2) is 5.65 Å². The fraction of sp³-hybridized carbons (Fsp3) is 0.389. The average Bonchev–Trinajstić information content (AvgIpc) is 3.06. The highest BCUT2D eigenvalue weighted by molar-refractivity contribution is 5.66. The van der Waals surface area contributed by atoms with Crippen molar-refractivity contribution in [2.45, 2.75) is 38.8 Å². The lowest BCUT2D eigenvalue weighted by Crippen LogP contribution is -2.36. The summed E-state index contributed by atoms with van der Waals surface area (Å²) < 4.78 is 14.9. The lowest BCUT2D eigenvalue weighted by molar-refractivity contribution is 0.153. The van der Waals surface area contributed by atoms with E-state index in [-0.39, 0.29) is 5.82 Å². The molecule has 0 N–H and O–H groups in total. The largest absolute Gasteiger partial charge is 0.296 e. The molecule has 2 aromatic heterocycles. The van der Waals surface area contributed by atoms with Gasteiger partial charge in [0.05, 0.1) is 0 Å². The van der Waals surface area contributed by atoms with Crippen molar-refractivity contribution in [3.8, 4) is 11.1 Å². The average molecular weight is 325 g/mol. The minimum Gasteiger partial charge on any atom is -0.296 e. The van der Waals surface area contributed by atoms with Crippen LogP contribution >= 0.6 is 0 Å². The number of aromatic nitrogens is 4. The van der Waals surface area contributed by atoms with Gasteiger partial charge in [0, 0.05) is 29.9 Å². The van der Waals surface area contributed by atoms with Gasteiger partial charge in [0.1, 0.15) is 5.82 Å². The smallest absolute Gasteiger partial charge is 0.183 e. The van der Waals surface area contributed by atoms with E-state index in [0.29, 0.717) is 6.04 Å². The second kappa shape index (κ2) is 6.28. The summed E-state index contributed by atoms with van der Waals surface area (Å²) in [5.41, 5.74) is 3.85. The quantitative estimate of drug-likeness (QED) is 0.741.